The van der Waals surface area contributed by atoms with Crippen molar-refractivity contribution in [3.63, 3.8) is 0 Å². The number of halogens is 2. The zero-order chi connectivity index (χ0) is 8.97. The summed E-state index contributed by atoms with van der Waals surface area (Å²) in [6.07, 6.45) is 0. The molecule has 1 aromatic carbocycles. The number of rotatable bonds is 3. The maximum atomic E-state index is 11.1. The molecule has 2 nitrogen and oxygen atoms in total. The summed E-state index contributed by atoms with van der Waals surface area (Å²) < 4.78 is 0. The Balaban J connectivity index is 2.84. The van der Waals surface area contributed by atoms with Crippen LogP contribution in [0.25, 0.3) is 0 Å². The van der Waals surface area contributed by atoms with Gasteiger partial charge in [0.15, 0.2) is 5.78 Å². The van der Waals surface area contributed by atoms with Crippen LogP contribution < -0.4 is 4.84 Å². The molecular weight excluding hydrogens is 241 g/mol. The van der Waals surface area contributed by atoms with Crippen molar-refractivity contribution in [2.75, 3.05) is 10.2 Å². The van der Waals surface area contributed by atoms with Gasteiger partial charge < -0.3 is 0 Å². The summed E-state index contributed by atoms with van der Waals surface area (Å²) in [4.78, 5) is 13.6. The van der Waals surface area contributed by atoms with Gasteiger partial charge in [-0.25, -0.2) is 0 Å². The van der Waals surface area contributed by atoms with Crippen molar-refractivity contribution in [3.8, 4) is 0 Å². The summed E-state index contributed by atoms with van der Waals surface area (Å²) in [5.74, 6) is 0.0659. The molecule has 1 aromatic rings. The molecule has 0 bridgehead atoms. The molecule has 1 rings (SSSR count). The van der Waals surface area contributed by atoms with E-state index >= 15 is 0 Å². The Bertz CT molecular complexity index is 273. The van der Waals surface area contributed by atoms with Crippen LogP contribution in [0.2, 0.25) is 0 Å². The maximum Gasteiger partial charge on any atom is 0.173 e. The van der Waals surface area contributed by atoms with Crippen molar-refractivity contribution in [1.82, 2.24) is 0 Å². The number of anilines is 1. The number of hydrogen-bond donors (Lipinski definition) is 1. The zero-order valence-corrected chi connectivity index (χ0v) is 8.52. The first-order chi connectivity index (χ1) is 5.77. The van der Waals surface area contributed by atoms with Gasteiger partial charge in [-0.1, -0.05) is 15.9 Å². The molecule has 0 unspecified atom stereocenters. The number of nitrogens with one attached hydrogen (secondary N) is 1. The lowest BCUT2D eigenvalue weighted by Crippen LogP contribution is -1.98. The molecule has 0 atom stereocenters. The van der Waals surface area contributed by atoms with E-state index in [0.717, 1.165) is 5.69 Å². The normalized spacial score (nSPS) is 9.50. The fourth-order valence-electron chi connectivity index (χ4n) is 0.796. The fourth-order valence-corrected chi connectivity index (χ4v) is 1.25. The molecule has 0 radical (unpaired) electrons. The first kappa shape index (κ1) is 9.55. The number of carbonyl (C=O) groups excluding carboxylic acids is 1. The molecule has 0 spiro atoms. The average molecular weight is 249 g/mol. The molecule has 0 aliphatic heterocycles. The minimum atomic E-state index is 0.0659. The highest BCUT2D eigenvalue weighted by atomic mass is 79.9. The molecule has 0 aliphatic rings. The van der Waals surface area contributed by atoms with Crippen molar-refractivity contribution in [2.24, 2.45) is 0 Å². The average Bonchev–Trinajstić information content (AvgIpc) is 2.17. The molecule has 0 saturated heterocycles. The predicted octanol–water partition coefficient (Wildman–Crippen LogP) is 2.83. The van der Waals surface area contributed by atoms with E-state index in [9.17, 15) is 4.79 Å². The molecule has 12 heavy (non-hydrogen) atoms. The second-order valence-electron chi connectivity index (χ2n) is 2.23. The van der Waals surface area contributed by atoms with E-state index in [1.165, 1.54) is 0 Å². The number of alkyl halides is 1. The molecule has 0 fully saturated rings. The third-order valence-corrected chi connectivity index (χ3v) is 2.16. The van der Waals surface area contributed by atoms with Gasteiger partial charge in [-0.15, -0.1) is 0 Å². The van der Waals surface area contributed by atoms with Crippen LogP contribution in [-0.2, 0) is 0 Å². The van der Waals surface area contributed by atoms with Crippen molar-refractivity contribution >= 4 is 39.2 Å². The second-order valence-corrected chi connectivity index (χ2v) is 2.98. The monoisotopic (exact) mass is 247 g/mol. The van der Waals surface area contributed by atoms with Crippen LogP contribution in [-0.4, -0.2) is 11.1 Å². The highest BCUT2D eigenvalue weighted by Crippen LogP contribution is 2.11. The molecule has 1 N–H and O–H groups in total. The zero-order valence-electron chi connectivity index (χ0n) is 6.18. The van der Waals surface area contributed by atoms with Crippen LogP contribution in [0, 0.1) is 0 Å². The Labute approximate surface area is 84.2 Å². The molecule has 64 valence electrons. The van der Waals surface area contributed by atoms with Crippen LogP contribution in [0.3, 0.4) is 0 Å². The number of carbonyl (C=O) groups is 1. The standard InChI is InChI=1S/C8H7BrClNO/c9-5-8(12)6-1-3-7(11-10)4-2-6/h1-4,11H,5H2. The topological polar surface area (TPSA) is 29.1 Å². The van der Waals surface area contributed by atoms with E-state index in [1.54, 1.807) is 24.3 Å². The van der Waals surface area contributed by atoms with E-state index in [0.29, 0.717) is 10.9 Å². The number of Topliss-reactive ketones (excluding diaryl/α,β-unsaturated/α-hetero) is 1. The van der Waals surface area contributed by atoms with Crippen molar-refractivity contribution in [2.45, 2.75) is 0 Å². The molecule has 0 aromatic heterocycles. The molecular formula is C8H7BrClNO. The summed E-state index contributed by atoms with van der Waals surface area (Å²) in [7, 11) is 0. The minimum absolute atomic E-state index is 0.0659. The van der Waals surface area contributed by atoms with Gasteiger partial charge in [-0.2, -0.15) is 0 Å². The van der Waals surface area contributed by atoms with Crippen LogP contribution in [0.15, 0.2) is 24.3 Å². The quantitative estimate of drug-likeness (QED) is 0.506. The van der Waals surface area contributed by atoms with Crippen molar-refractivity contribution < 1.29 is 4.79 Å². The van der Waals surface area contributed by atoms with E-state index in [-0.39, 0.29) is 5.78 Å². The summed E-state index contributed by atoms with van der Waals surface area (Å²) in [6, 6.07) is 6.97. The summed E-state index contributed by atoms with van der Waals surface area (Å²) in [6.45, 7) is 0. The molecule has 0 amide bonds. The third-order valence-electron chi connectivity index (χ3n) is 1.44. The maximum absolute atomic E-state index is 11.1. The summed E-state index contributed by atoms with van der Waals surface area (Å²) in [5.41, 5.74) is 1.46. The Morgan fingerprint density at radius 3 is 2.42 bits per heavy atom. The number of benzene rings is 1. The van der Waals surface area contributed by atoms with Gasteiger partial charge in [-0.05, 0) is 24.3 Å². The summed E-state index contributed by atoms with van der Waals surface area (Å²) >= 11 is 8.44. The van der Waals surface area contributed by atoms with Gasteiger partial charge in [-0.3, -0.25) is 9.63 Å². The first-order valence-electron chi connectivity index (χ1n) is 3.34. The summed E-state index contributed by atoms with van der Waals surface area (Å²) in [5, 5.41) is 0.348. The molecule has 4 heteroatoms. The second kappa shape index (κ2) is 4.48. The third kappa shape index (κ3) is 2.22. The van der Waals surface area contributed by atoms with Crippen LogP contribution >= 0.6 is 27.7 Å². The lowest BCUT2D eigenvalue weighted by molar-refractivity contribution is 0.102. The smallest absolute Gasteiger partial charge is 0.173 e. The predicted molar refractivity (Wildman–Crippen MR) is 54.0 cm³/mol. The van der Waals surface area contributed by atoms with Crippen LogP contribution in [0.1, 0.15) is 10.4 Å². The SMILES string of the molecule is O=C(CBr)c1ccc(NCl)cc1. The largest absolute Gasteiger partial charge is 0.299 e. The van der Waals surface area contributed by atoms with E-state index in [4.69, 9.17) is 11.8 Å². The highest BCUT2D eigenvalue weighted by molar-refractivity contribution is 9.09. The van der Waals surface area contributed by atoms with E-state index < -0.39 is 0 Å². The van der Waals surface area contributed by atoms with Gasteiger partial charge in [0.25, 0.3) is 0 Å². The van der Waals surface area contributed by atoms with Crippen molar-refractivity contribution in [3.05, 3.63) is 29.8 Å². The minimum Gasteiger partial charge on any atom is -0.299 e. The van der Waals surface area contributed by atoms with Gasteiger partial charge in [0.05, 0.1) is 5.33 Å². The molecule has 0 saturated carbocycles. The lowest BCUT2D eigenvalue weighted by Gasteiger charge is -1.98. The first-order valence-corrected chi connectivity index (χ1v) is 4.83. The Hall–Kier alpha value is -0.540. The van der Waals surface area contributed by atoms with Crippen LogP contribution in [0.4, 0.5) is 5.69 Å². The Kier molecular flexibility index (Phi) is 3.56. The fraction of sp³-hybridized carbons (Fsp3) is 0.125. The Morgan fingerprint density at radius 1 is 1.42 bits per heavy atom. The molecule has 0 aliphatic carbocycles. The van der Waals surface area contributed by atoms with Gasteiger partial charge >= 0.3 is 0 Å². The molecule has 0 heterocycles. The van der Waals surface area contributed by atoms with Crippen LogP contribution in [0.5, 0.6) is 0 Å². The lowest BCUT2D eigenvalue weighted by atomic mass is 10.1. The van der Waals surface area contributed by atoms with E-state index in [2.05, 4.69) is 20.8 Å². The highest BCUT2D eigenvalue weighted by Gasteiger charge is 2.01. The van der Waals surface area contributed by atoms with Crippen molar-refractivity contribution in [1.29, 1.82) is 0 Å². The van der Waals surface area contributed by atoms with Gasteiger partial charge in [0, 0.05) is 23.0 Å². The Morgan fingerprint density at radius 2 is 2.00 bits per heavy atom. The number of ketones is 1. The number of hydrogen-bond acceptors (Lipinski definition) is 2. The van der Waals surface area contributed by atoms with Gasteiger partial charge in [0.1, 0.15) is 0 Å². The van der Waals surface area contributed by atoms with E-state index in [1.807, 2.05) is 0 Å². The van der Waals surface area contributed by atoms with Gasteiger partial charge in [0.2, 0.25) is 0 Å².